The van der Waals surface area contributed by atoms with Gasteiger partial charge in [0.05, 0.1) is 6.61 Å². The van der Waals surface area contributed by atoms with Gasteiger partial charge in [-0.1, -0.05) is 29.8 Å². The van der Waals surface area contributed by atoms with E-state index in [0.717, 1.165) is 18.7 Å². The zero-order chi connectivity index (χ0) is 15.9. The molecule has 0 spiro atoms. The molecule has 1 aliphatic rings. The number of aryl methyl sites for hydroxylation is 1. The molecular formula is C17H24N2O3. The second-order valence-electron chi connectivity index (χ2n) is 5.74. The van der Waals surface area contributed by atoms with E-state index in [2.05, 4.69) is 4.90 Å². The second kappa shape index (κ2) is 8.06. The molecule has 1 aromatic rings. The number of hydrogen-bond acceptors (Lipinski definition) is 4. The third-order valence-electron chi connectivity index (χ3n) is 4.08. The van der Waals surface area contributed by atoms with Crippen molar-refractivity contribution >= 4 is 11.7 Å². The number of carbonyl (C=O) groups excluding carboxylic acids is 2. The van der Waals surface area contributed by atoms with Crippen molar-refractivity contribution in [3.05, 3.63) is 35.4 Å². The molecule has 5 nitrogen and oxygen atoms in total. The van der Waals surface area contributed by atoms with Crippen LogP contribution in [0.2, 0.25) is 0 Å². The monoisotopic (exact) mass is 304 g/mol. The van der Waals surface area contributed by atoms with Gasteiger partial charge in [0.2, 0.25) is 5.91 Å². The molecule has 0 bridgehead atoms. The Morgan fingerprint density at radius 1 is 1.05 bits per heavy atom. The van der Waals surface area contributed by atoms with Gasteiger partial charge in [-0.3, -0.25) is 14.5 Å². The van der Waals surface area contributed by atoms with Gasteiger partial charge in [-0.2, -0.15) is 0 Å². The highest BCUT2D eigenvalue weighted by molar-refractivity contribution is 5.97. The van der Waals surface area contributed by atoms with E-state index in [4.69, 9.17) is 5.11 Å². The Balaban J connectivity index is 1.76. The Bertz CT molecular complexity index is 505. The number of hydrogen-bond donors (Lipinski definition) is 1. The van der Waals surface area contributed by atoms with Gasteiger partial charge in [-0.25, -0.2) is 0 Å². The summed E-state index contributed by atoms with van der Waals surface area (Å²) in [6.45, 7) is 5.73. The molecule has 0 aromatic heterocycles. The molecule has 1 N–H and O–H groups in total. The van der Waals surface area contributed by atoms with Crippen LogP contribution in [0, 0.1) is 6.92 Å². The summed E-state index contributed by atoms with van der Waals surface area (Å²) in [6, 6.07) is 7.45. The fraction of sp³-hybridized carbons (Fsp3) is 0.529. The second-order valence-corrected chi connectivity index (χ2v) is 5.74. The number of nitrogens with zero attached hydrogens (tertiary/aromatic N) is 2. The summed E-state index contributed by atoms with van der Waals surface area (Å²) >= 11 is 0. The van der Waals surface area contributed by atoms with Crippen LogP contribution in [0.15, 0.2) is 24.3 Å². The van der Waals surface area contributed by atoms with Crippen molar-refractivity contribution in [1.29, 1.82) is 0 Å². The van der Waals surface area contributed by atoms with Crippen LogP contribution in [0.5, 0.6) is 0 Å². The fourth-order valence-electron chi connectivity index (χ4n) is 2.62. The molecular weight excluding hydrogens is 280 g/mol. The highest BCUT2D eigenvalue weighted by Crippen LogP contribution is 2.10. The summed E-state index contributed by atoms with van der Waals surface area (Å²) < 4.78 is 0. The number of piperazine rings is 1. The summed E-state index contributed by atoms with van der Waals surface area (Å²) in [4.78, 5) is 28.2. The van der Waals surface area contributed by atoms with Gasteiger partial charge in [0.15, 0.2) is 5.78 Å². The van der Waals surface area contributed by atoms with Crippen molar-refractivity contribution in [3.63, 3.8) is 0 Å². The summed E-state index contributed by atoms with van der Waals surface area (Å²) in [5.41, 5.74) is 1.79. The van der Waals surface area contributed by atoms with E-state index in [9.17, 15) is 9.59 Å². The molecule has 1 fully saturated rings. The Morgan fingerprint density at radius 2 is 1.68 bits per heavy atom. The van der Waals surface area contributed by atoms with Crippen molar-refractivity contribution in [2.24, 2.45) is 0 Å². The van der Waals surface area contributed by atoms with E-state index in [0.29, 0.717) is 25.2 Å². The lowest BCUT2D eigenvalue weighted by Gasteiger charge is -2.34. The number of rotatable bonds is 6. The summed E-state index contributed by atoms with van der Waals surface area (Å²) in [6.07, 6.45) is 0.533. The number of aliphatic hydroxyl groups is 1. The van der Waals surface area contributed by atoms with Crippen LogP contribution < -0.4 is 0 Å². The Hall–Kier alpha value is -1.72. The maximum atomic E-state index is 12.2. The van der Waals surface area contributed by atoms with Crippen LogP contribution in [-0.4, -0.2) is 65.9 Å². The first-order chi connectivity index (χ1) is 10.6. The Morgan fingerprint density at radius 3 is 2.27 bits per heavy atom. The predicted molar refractivity (Wildman–Crippen MR) is 84.8 cm³/mol. The summed E-state index contributed by atoms with van der Waals surface area (Å²) in [5, 5.41) is 8.90. The van der Waals surface area contributed by atoms with Crippen LogP contribution in [0.25, 0.3) is 0 Å². The first-order valence-electron chi connectivity index (χ1n) is 7.81. The van der Waals surface area contributed by atoms with Crippen LogP contribution in [0.4, 0.5) is 0 Å². The number of Topliss-reactive ketones (excluding diaryl/α,β-unsaturated/α-hetero) is 1. The van der Waals surface area contributed by atoms with Crippen molar-refractivity contribution in [3.8, 4) is 0 Å². The number of amides is 1. The lowest BCUT2D eigenvalue weighted by Crippen LogP contribution is -2.49. The van der Waals surface area contributed by atoms with Gasteiger partial charge in [0, 0.05) is 51.1 Å². The molecule has 120 valence electrons. The topological polar surface area (TPSA) is 60.9 Å². The summed E-state index contributed by atoms with van der Waals surface area (Å²) in [7, 11) is 0. The van der Waals surface area contributed by atoms with Crippen molar-refractivity contribution in [2.75, 3.05) is 39.3 Å². The number of ketones is 1. The molecule has 22 heavy (non-hydrogen) atoms. The van der Waals surface area contributed by atoms with Crippen LogP contribution >= 0.6 is 0 Å². The summed E-state index contributed by atoms with van der Waals surface area (Å²) in [5.74, 6) is 0.0661. The van der Waals surface area contributed by atoms with E-state index >= 15 is 0 Å². The SMILES string of the molecule is Cc1ccc(C(=O)CCC(=O)N2CCN(CCO)CC2)cc1. The first-order valence-corrected chi connectivity index (χ1v) is 7.81. The molecule has 1 saturated heterocycles. The molecule has 0 radical (unpaired) electrons. The zero-order valence-corrected chi connectivity index (χ0v) is 13.1. The van der Waals surface area contributed by atoms with E-state index in [1.807, 2.05) is 36.1 Å². The number of β-amino-alcohol motifs (C(OH)–C–C–N with tert-alkyl or cyclic N) is 1. The first kappa shape index (κ1) is 16.6. The van der Waals surface area contributed by atoms with Gasteiger partial charge in [0.25, 0.3) is 0 Å². The third kappa shape index (κ3) is 4.64. The molecule has 1 heterocycles. The van der Waals surface area contributed by atoms with Gasteiger partial charge in [-0.15, -0.1) is 0 Å². The molecule has 1 amide bonds. The molecule has 0 saturated carbocycles. The molecule has 0 aliphatic carbocycles. The van der Waals surface area contributed by atoms with Crippen molar-refractivity contribution < 1.29 is 14.7 Å². The number of aliphatic hydroxyl groups excluding tert-OH is 1. The van der Waals surface area contributed by atoms with E-state index in [1.165, 1.54) is 0 Å². The minimum atomic E-state index is 0.0206. The largest absolute Gasteiger partial charge is 0.395 e. The van der Waals surface area contributed by atoms with Gasteiger partial charge < -0.3 is 10.0 Å². The van der Waals surface area contributed by atoms with Crippen LogP contribution in [-0.2, 0) is 4.79 Å². The standard InChI is InChI=1S/C17H24N2O3/c1-14-2-4-15(5-3-14)16(21)6-7-17(22)19-10-8-18(9-11-19)12-13-20/h2-5,20H,6-13H2,1H3. The molecule has 1 aliphatic heterocycles. The van der Waals surface area contributed by atoms with Gasteiger partial charge in [0.1, 0.15) is 0 Å². The van der Waals surface area contributed by atoms with E-state index in [1.54, 1.807) is 0 Å². The molecule has 0 unspecified atom stereocenters. The Labute approximate surface area is 131 Å². The predicted octanol–water partition coefficient (Wildman–Crippen LogP) is 1.09. The lowest BCUT2D eigenvalue weighted by molar-refractivity contribution is -0.132. The quantitative estimate of drug-likeness (QED) is 0.799. The molecule has 0 atom stereocenters. The number of benzene rings is 1. The smallest absolute Gasteiger partial charge is 0.223 e. The zero-order valence-electron chi connectivity index (χ0n) is 13.1. The minimum Gasteiger partial charge on any atom is -0.395 e. The van der Waals surface area contributed by atoms with Gasteiger partial charge in [-0.05, 0) is 6.92 Å². The Kier molecular flexibility index (Phi) is 6.10. The van der Waals surface area contributed by atoms with E-state index in [-0.39, 0.29) is 31.1 Å². The molecule has 1 aromatic carbocycles. The average molecular weight is 304 g/mol. The maximum absolute atomic E-state index is 12.2. The highest BCUT2D eigenvalue weighted by atomic mass is 16.3. The number of carbonyl (C=O) groups is 2. The van der Waals surface area contributed by atoms with Crippen molar-refractivity contribution in [2.45, 2.75) is 19.8 Å². The third-order valence-corrected chi connectivity index (χ3v) is 4.08. The van der Waals surface area contributed by atoms with Gasteiger partial charge >= 0.3 is 0 Å². The molecule has 2 rings (SSSR count). The lowest BCUT2D eigenvalue weighted by atomic mass is 10.0. The minimum absolute atomic E-state index is 0.0206. The molecule has 5 heteroatoms. The maximum Gasteiger partial charge on any atom is 0.223 e. The van der Waals surface area contributed by atoms with E-state index < -0.39 is 0 Å². The van der Waals surface area contributed by atoms with Crippen LogP contribution in [0.3, 0.4) is 0 Å². The van der Waals surface area contributed by atoms with Crippen LogP contribution in [0.1, 0.15) is 28.8 Å². The highest BCUT2D eigenvalue weighted by Gasteiger charge is 2.21. The average Bonchev–Trinajstić information content (AvgIpc) is 2.54. The fourth-order valence-corrected chi connectivity index (χ4v) is 2.62. The van der Waals surface area contributed by atoms with Crippen molar-refractivity contribution in [1.82, 2.24) is 9.80 Å². The normalized spacial score (nSPS) is 15.8.